The van der Waals surface area contributed by atoms with E-state index in [1.165, 1.54) is 25.7 Å². The predicted molar refractivity (Wildman–Crippen MR) is 98.3 cm³/mol. The molecule has 1 aliphatic carbocycles. The first-order valence-electron chi connectivity index (χ1n) is 8.79. The minimum atomic E-state index is 0.532. The van der Waals surface area contributed by atoms with Gasteiger partial charge in [0.1, 0.15) is 5.82 Å². The second-order valence-electron chi connectivity index (χ2n) is 6.23. The molecule has 5 nitrogen and oxygen atoms in total. The van der Waals surface area contributed by atoms with Crippen LogP contribution in [-0.2, 0) is 4.74 Å². The summed E-state index contributed by atoms with van der Waals surface area (Å²) in [6.07, 6.45) is 5.98. The zero-order chi connectivity index (χ0) is 16.6. The lowest BCUT2D eigenvalue weighted by Crippen LogP contribution is -2.17. The molecule has 1 aromatic carbocycles. The van der Waals surface area contributed by atoms with E-state index in [0.717, 1.165) is 36.6 Å². The molecule has 24 heavy (non-hydrogen) atoms. The van der Waals surface area contributed by atoms with Crippen LogP contribution in [0.3, 0.4) is 0 Å². The Balaban J connectivity index is 1.78. The summed E-state index contributed by atoms with van der Waals surface area (Å²) in [5.41, 5.74) is 2.05. The van der Waals surface area contributed by atoms with Crippen molar-refractivity contribution >= 4 is 11.8 Å². The van der Waals surface area contributed by atoms with Gasteiger partial charge in [0.15, 0.2) is 0 Å². The Hall–Kier alpha value is -2.14. The first-order valence-corrected chi connectivity index (χ1v) is 8.79. The van der Waals surface area contributed by atoms with Crippen LogP contribution in [-0.4, -0.2) is 36.3 Å². The average molecular weight is 326 g/mol. The van der Waals surface area contributed by atoms with E-state index in [-0.39, 0.29) is 0 Å². The van der Waals surface area contributed by atoms with Crippen LogP contribution in [0.5, 0.6) is 0 Å². The number of rotatable bonds is 8. The van der Waals surface area contributed by atoms with Gasteiger partial charge in [0.25, 0.3) is 0 Å². The van der Waals surface area contributed by atoms with Gasteiger partial charge >= 0.3 is 0 Å². The Morgan fingerprint density at radius 2 is 1.92 bits per heavy atom. The molecule has 0 atom stereocenters. The molecule has 1 fully saturated rings. The highest BCUT2D eigenvalue weighted by molar-refractivity contribution is 5.64. The number of nitrogens with one attached hydrogen (secondary N) is 2. The number of benzene rings is 1. The van der Waals surface area contributed by atoms with Crippen molar-refractivity contribution in [3.05, 3.63) is 36.4 Å². The molecule has 5 heteroatoms. The molecule has 0 amide bonds. The maximum absolute atomic E-state index is 5.09. The van der Waals surface area contributed by atoms with Crippen molar-refractivity contribution < 1.29 is 4.74 Å². The third-order valence-corrected chi connectivity index (χ3v) is 4.31. The fraction of sp³-hybridized carbons (Fsp3) is 0.474. The van der Waals surface area contributed by atoms with Gasteiger partial charge < -0.3 is 15.4 Å². The van der Waals surface area contributed by atoms with E-state index in [1.807, 2.05) is 24.3 Å². The molecule has 3 rings (SSSR count). The van der Waals surface area contributed by atoms with Gasteiger partial charge in [0.05, 0.1) is 5.69 Å². The van der Waals surface area contributed by atoms with Gasteiger partial charge in [0, 0.05) is 37.9 Å². The molecular formula is C19H26N4O. The maximum Gasteiger partial charge on any atom is 0.225 e. The third-order valence-electron chi connectivity index (χ3n) is 4.31. The zero-order valence-corrected chi connectivity index (χ0v) is 14.3. The van der Waals surface area contributed by atoms with Crippen molar-refractivity contribution in [2.75, 3.05) is 30.9 Å². The summed E-state index contributed by atoms with van der Waals surface area (Å²) in [5, 5.41) is 6.89. The Morgan fingerprint density at radius 3 is 2.67 bits per heavy atom. The lowest BCUT2D eigenvalue weighted by atomic mass is 10.1. The molecule has 0 unspecified atom stereocenters. The normalized spacial score (nSPS) is 14.7. The Bertz CT molecular complexity index is 627. The van der Waals surface area contributed by atoms with Gasteiger partial charge in [0.2, 0.25) is 5.95 Å². The molecule has 0 aliphatic heterocycles. The second kappa shape index (κ2) is 8.64. The monoisotopic (exact) mass is 326 g/mol. The second-order valence-corrected chi connectivity index (χ2v) is 6.23. The van der Waals surface area contributed by atoms with Crippen molar-refractivity contribution in [2.45, 2.75) is 38.1 Å². The molecule has 2 aromatic rings. The van der Waals surface area contributed by atoms with Crippen molar-refractivity contribution in [2.24, 2.45) is 0 Å². The first kappa shape index (κ1) is 16.7. The van der Waals surface area contributed by atoms with Crippen molar-refractivity contribution in [3.63, 3.8) is 0 Å². The van der Waals surface area contributed by atoms with Gasteiger partial charge in [-0.2, -0.15) is 4.98 Å². The molecule has 1 saturated carbocycles. The van der Waals surface area contributed by atoms with Crippen LogP contribution in [0.25, 0.3) is 11.3 Å². The van der Waals surface area contributed by atoms with E-state index in [1.54, 1.807) is 7.11 Å². The van der Waals surface area contributed by atoms with Crippen LogP contribution in [0.2, 0.25) is 0 Å². The van der Waals surface area contributed by atoms with Gasteiger partial charge in [-0.15, -0.1) is 0 Å². The number of nitrogens with zero attached hydrogens (tertiary/aromatic N) is 2. The lowest BCUT2D eigenvalue weighted by molar-refractivity contribution is 0.197. The summed E-state index contributed by atoms with van der Waals surface area (Å²) in [6, 6.07) is 12.8. The van der Waals surface area contributed by atoms with E-state index in [0.29, 0.717) is 12.0 Å². The number of hydrogen-bond donors (Lipinski definition) is 2. The lowest BCUT2D eigenvalue weighted by Gasteiger charge is -2.15. The number of aromatic nitrogens is 2. The van der Waals surface area contributed by atoms with Gasteiger partial charge in [-0.3, -0.25) is 0 Å². The summed E-state index contributed by atoms with van der Waals surface area (Å²) < 4.78 is 5.09. The minimum Gasteiger partial charge on any atom is -0.385 e. The quantitative estimate of drug-likeness (QED) is 0.719. The molecule has 0 radical (unpaired) electrons. The summed E-state index contributed by atoms with van der Waals surface area (Å²) in [6.45, 7) is 1.54. The standard InChI is InChI=1S/C19H26N4O/c1-24-13-7-12-20-19-22-17(15-8-3-2-4-9-15)14-18(23-19)21-16-10-5-6-11-16/h2-4,8-9,14,16H,5-7,10-13H2,1H3,(H2,20,21,22,23). The minimum absolute atomic E-state index is 0.532. The number of ether oxygens (including phenoxy) is 1. The highest BCUT2D eigenvalue weighted by Gasteiger charge is 2.16. The molecule has 1 heterocycles. The fourth-order valence-electron chi connectivity index (χ4n) is 3.05. The SMILES string of the molecule is COCCCNc1nc(NC2CCCC2)cc(-c2ccccc2)n1. The van der Waals surface area contributed by atoms with Crippen molar-refractivity contribution in [1.82, 2.24) is 9.97 Å². The van der Waals surface area contributed by atoms with E-state index in [2.05, 4.69) is 32.7 Å². The smallest absolute Gasteiger partial charge is 0.225 e. The highest BCUT2D eigenvalue weighted by Crippen LogP contribution is 2.25. The molecule has 1 aromatic heterocycles. The summed E-state index contributed by atoms with van der Waals surface area (Å²) in [4.78, 5) is 9.32. The number of anilines is 2. The summed E-state index contributed by atoms with van der Waals surface area (Å²) in [7, 11) is 1.72. The van der Waals surface area contributed by atoms with Crippen LogP contribution in [0.4, 0.5) is 11.8 Å². The van der Waals surface area contributed by atoms with E-state index in [4.69, 9.17) is 4.74 Å². The zero-order valence-electron chi connectivity index (χ0n) is 14.3. The van der Waals surface area contributed by atoms with E-state index in [9.17, 15) is 0 Å². The Kier molecular flexibility index (Phi) is 6.01. The number of methoxy groups -OCH3 is 1. The molecular weight excluding hydrogens is 300 g/mol. The first-order chi connectivity index (χ1) is 11.8. The Morgan fingerprint density at radius 1 is 1.12 bits per heavy atom. The van der Waals surface area contributed by atoms with Crippen LogP contribution < -0.4 is 10.6 Å². The number of hydrogen-bond acceptors (Lipinski definition) is 5. The summed E-state index contributed by atoms with van der Waals surface area (Å²) >= 11 is 0. The fourth-order valence-corrected chi connectivity index (χ4v) is 3.05. The molecule has 0 saturated heterocycles. The maximum atomic E-state index is 5.09. The van der Waals surface area contributed by atoms with Crippen LogP contribution in [0.15, 0.2) is 36.4 Å². The van der Waals surface area contributed by atoms with E-state index < -0.39 is 0 Å². The van der Waals surface area contributed by atoms with Crippen molar-refractivity contribution in [3.8, 4) is 11.3 Å². The molecule has 2 N–H and O–H groups in total. The van der Waals surface area contributed by atoms with Gasteiger partial charge in [-0.25, -0.2) is 4.98 Å². The molecule has 0 bridgehead atoms. The highest BCUT2D eigenvalue weighted by atomic mass is 16.5. The van der Waals surface area contributed by atoms with Gasteiger partial charge in [-0.05, 0) is 19.3 Å². The van der Waals surface area contributed by atoms with Crippen LogP contribution in [0, 0.1) is 0 Å². The predicted octanol–water partition coefficient (Wildman–Crippen LogP) is 3.95. The Labute approximate surface area is 143 Å². The van der Waals surface area contributed by atoms with E-state index >= 15 is 0 Å². The largest absolute Gasteiger partial charge is 0.385 e. The van der Waals surface area contributed by atoms with Crippen LogP contribution >= 0.6 is 0 Å². The third kappa shape index (κ3) is 4.68. The average Bonchev–Trinajstić information content (AvgIpc) is 3.12. The van der Waals surface area contributed by atoms with Crippen LogP contribution in [0.1, 0.15) is 32.1 Å². The van der Waals surface area contributed by atoms with Crippen molar-refractivity contribution in [1.29, 1.82) is 0 Å². The molecule has 0 spiro atoms. The van der Waals surface area contributed by atoms with Gasteiger partial charge in [-0.1, -0.05) is 43.2 Å². The summed E-state index contributed by atoms with van der Waals surface area (Å²) in [5.74, 6) is 1.58. The topological polar surface area (TPSA) is 59.1 Å². The molecule has 128 valence electrons. The molecule has 1 aliphatic rings.